The SMILES string of the molecule is CC[C@H](C)[C@@H]([C@@H](CC(=O)N1CCC[C@H]1[C@H](OC)[C@@H](C)C(=O)N[C@H](C)C(=N)c1ccccc1)OC)N(C)C(=O)[C@@H](NC(=O)[C@H](C(C)C)N(C)C)C(C)C. The van der Waals surface area contributed by atoms with Gasteiger partial charge in [-0.25, -0.2) is 0 Å². The maximum absolute atomic E-state index is 14.2. The first-order chi connectivity index (χ1) is 24.4. The fraction of sp³-hybridized carbons (Fsp3) is 0.725. The van der Waals surface area contributed by atoms with Crippen LogP contribution in [0.15, 0.2) is 30.3 Å². The van der Waals surface area contributed by atoms with E-state index in [1.54, 1.807) is 44.9 Å². The summed E-state index contributed by atoms with van der Waals surface area (Å²) in [5.74, 6) is -1.51. The van der Waals surface area contributed by atoms with Crippen LogP contribution in [0.4, 0.5) is 0 Å². The number of ether oxygens (including phenoxy) is 2. The predicted octanol–water partition coefficient (Wildman–Crippen LogP) is 4.21. The molecule has 0 aliphatic carbocycles. The zero-order chi connectivity index (χ0) is 39.4. The topological polar surface area (TPSA) is 144 Å². The number of hydrogen-bond acceptors (Lipinski definition) is 8. The molecule has 0 radical (unpaired) electrons. The van der Waals surface area contributed by atoms with Gasteiger partial charge in [-0.05, 0) is 57.2 Å². The summed E-state index contributed by atoms with van der Waals surface area (Å²) < 4.78 is 11.9. The lowest BCUT2D eigenvalue weighted by Crippen LogP contribution is -2.59. The Balaban J connectivity index is 2.26. The van der Waals surface area contributed by atoms with Gasteiger partial charge >= 0.3 is 0 Å². The third kappa shape index (κ3) is 11.3. The fourth-order valence-corrected chi connectivity index (χ4v) is 7.70. The summed E-state index contributed by atoms with van der Waals surface area (Å²) >= 11 is 0. The molecule has 12 nitrogen and oxygen atoms in total. The first kappa shape index (κ1) is 44.8. The van der Waals surface area contributed by atoms with E-state index in [1.807, 2.05) is 90.9 Å². The number of amides is 4. The molecule has 1 aromatic carbocycles. The smallest absolute Gasteiger partial charge is 0.245 e. The van der Waals surface area contributed by atoms with Crippen molar-refractivity contribution in [3.05, 3.63) is 35.9 Å². The molecule has 4 amide bonds. The molecule has 2 rings (SSSR count). The van der Waals surface area contributed by atoms with E-state index in [-0.39, 0.29) is 53.8 Å². The lowest BCUT2D eigenvalue weighted by atomic mass is 9.89. The van der Waals surface area contributed by atoms with Crippen molar-refractivity contribution in [3.8, 4) is 0 Å². The van der Waals surface area contributed by atoms with Crippen LogP contribution in [0.1, 0.15) is 86.6 Å². The van der Waals surface area contributed by atoms with Crippen LogP contribution in [0.5, 0.6) is 0 Å². The zero-order valence-corrected chi connectivity index (χ0v) is 34.1. The van der Waals surface area contributed by atoms with Gasteiger partial charge in [0.15, 0.2) is 0 Å². The molecule has 12 heteroatoms. The van der Waals surface area contributed by atoms with Crippen LogP contribution in [0.25, 0.3) is 0 Å². The van der Waals surface area contributed by atoms with E-state index in [9.17, 15) is 19.2 Å². The van der Waals surface area contributed by atoms with Crippen LogP contribution in [-0.4, -0.2) is 128 Å². The average molecular weight is 729 g/mol. The monoisotopic (exact) mass is 729 g/mol. The number of carbonyl (C=O) groups is 4. The number of hydrogen-bond donors (Lipinski definition) is 3. The first-order valence-corrected chi connectivity index (χ1v) is 19.0. The second kappa shape index (κ2) is 20.8. The molecule has 294 valence electrons. The zero-order valence-electron chi connectivity index (χ0n) is 34.1. The van der Waals surface area contributed by atoms with Gasteiger partial charge in [0, 0.05) is 27.8 Å². The first-order valence-electron chi connectivity index (χ1n) is 19.0. The van der Waals surface area contributed by atoms with Crippen molar-refractivity contribution in [1.82, 2.24) is 25.3 Å². The number of benzene rings is 1. The molecular weight excluding hydrogens is 660 g/mol. The van der Waals surface area contributed by atoms with E-state index in [0.29, 0.717) is 18.7 Å². The summed E-state index contributed by atoms with van der Waals surface area (Å²) in [6.07, 6.45) is 1.06. The molecule has 0 spiro atoms. The van der Waals surface area contributed by atoms with Gasteiger partial charge in [0.05, 0.1) is 54.4 Å². The van der Waals surface area contributed by atoms with Crippen molar-refractivity contribution in [2.75, 3.05) is 41.9 Å². The summed E-state index contributed by atoms with van der Waals surface area (Å²) in [4.78, 5) is 60.6. The van der Waals surface area contributed by atoms with Crippen molar-refractivity contribution in [1.29, 1.82) is 5.41 Å². The maximum atomic E-state index is 14.2. The van der Waals surface area contributed by atoms with Crippen LogP contribution >= 0.6 is 0 Å². The number of likely N-dealkylation sites (N-methyl/N-ethyl adjacent to an activating group) is 2. The number of methoxy groups -OCH3 is 2. The molecule has 1 aromatic rings. The summed E-state index contributed by atoms with van der Waals surface area (Å²) in [7, 11) is 8.59. The Morgan fingerprint density at radius 2 is 1.52 bits per heavy atom. The Morgan fingerprint density at radius 3 is 2.02 bits per heavy atom. The number of likely N-dealkylation sites (tertiary alicyclic amines) is 1. The van der Waals surface area contributed by atoms with Crippen LogP contribution in [0.3, 0.4) is 0 Å². The average Bonchev–Trinajstić information content (AvgIpc) is 3.59. The number of nitrogens with zero attached hydrogens (tertiary/aromatic N) is 3. The molecule has 3 N–H and O–H groups in total. The van der Waals surface area contributed by atoms with E-state index in [0.717, 1.165) is 18.4 Å². The molecule has 9 atom stereocenters. The third-order valence-corrected chi connectivity index (χ3v) is 10.8. The minimum absolute atomic E-state index is 0.0122. The largest absolute Gasteiger partial charge is 0.379 e. The lowest BCUT2D eigenvalue weighted by molar-refractivity contribution is -0.148. The molecule has 0 bridgehead atoms. The Kier molecular flexibility index (Phi) is 17.9. The minimum Gasteiger partial charge on any atom is -0.379 e. The van der Waals surface area contributed by atoms with E-state index in [4.69, 9.17) is 14.9 Å². The second-order valence-corrected chi connectivity index (χ2v) is 15.5. The Morgan fingerprint density at radius 1 is 0.904 bits per heavy atom. The van der Waals surface area contributed by atoms with E-state index < -0.39 is 42.3 Å². The van der Waals surface area contributed by atoms with Gasteiger partial charge in [0.25, 0.3) is 0 Å². The number of rotatable bonds is 20. The van der Waals surface area contributed by atoms with Crippen LogP contribution in [0, 0.1) is 29.1 Å². The Hall–Kier alpha value is -3.35. The summed E-state index contributed by atoms with van der Waals surface area (Å²) in [6.45, 7) is 16.0. The highest BCUT2D eigenvalue weighted by molar-refractivity contribution is 6.03. The Labute approximate surface area is 313 Å². The van der Waals surface area contributed by atoms with Gasteiger partial charge in [-0.1, -0.05) is 85.2 Å². The van der Waals surface area contributed by atoms with Crippen LogP contribution in [-0.2, 0) is 28.7 Å². The molecule has 0 saturated carbocycles. The van der Waals surface area contributed by atoms with Crippen LogP contribution in [0.2, 0.25) is 0 Å². The molecule has 52 heavy (non-hydrogen) atoms. The van der Waals surface area contributed by atoms with E-state index in [2.05, 4.69) is 10.6 Å². The van der Waals surface area contributed by atoms with E-state index >= 15 is 0 Å². The standard InChI is InChI=1S/C40H68N6O6/c1-14-26(6)36(45(11)40(50)34(24(2)3)43-39(49)35(25(4)5)44(9)10)31(51-12)23-32(47)46-22-18-21-30(46)37(52-13)27(7)38(48)42-28(8)33(41)29-19-16-15-17-20-29/h15-17,19-20,24-28,30-31,34-37,41H,14,18,21-23H2,1-13H3,(H,42,48)(H,43,49)/t26-,27+,28+,30-,31+,34-,35-,36-,37+/m0/s1. The fourth-order valence-electron chi connectivity index (χ4n) is 7.70. The number of carbonyl (C=O) groups excluding carboxylic acids is 4. The molecule has 0 aromatic heterocycles. The van der Waals surface area contributed by atoms with E-state index in [1.165, 1.54) is 0 Å². The highest BCUT2D eigenvalue weighted by atomic mass is 16.5. The second-order valence-electron chi connectivity index (χ2n) is 15.5. The van der Waals surface area contributed by atoms with Crippen molar-refractivity contribution in [3.63, 3.8) is 0 Å². The summed E-state index contributed by atoms with van der Waals surface area (Å²) in [5, 5.41) is 14.6. The third-order valence-electron chi connectivity index (χ3n) is 10.8. The van der Waals surface area contributed by atoms with Crippen molar-refractivity contribution in [2.24, 2.45) is 23.7 Å². The van der Waals surface area contributed by atoms with Gasteiger partial charge in [0.2, 0.25) is 23.6 Å². The molecule has 1 saturated heterocycles. The predicted molar refractivity (Wildman–Crippen MR) is 206 cm³/mol. The van der Waals surface area contributed by atoms with Crippen molar-refractivity contribution < 1.29 is 28.7 Å². The summed E-state index contributed by atoms with van der Waals surface area (Å²) in [5.41, 5.74) is 1.05. The molecule has 0 unspecified atom stereocenters. The van der Waals surface area contributed by atoms with Gasteiger partial charge < -0.3 is 35.3 Å². The number of nitrogens with one attached hydrogen (secondary N) is 3. The molecule has 1 fully saturated rings. The highest BCUT2D eigenvalue weighted by Crippen LogP contribution is 2.30. The lowest BCUT2D eigenvalue weighted by Gasteiger charge is -2.41. The van der Waals surface area contributed by atoms with Gasteiger partial charge in [0.1, 0.15) is 6.04 Å². The van der Waals surface area contributed by atoms with Gasteiger partial charge in [-0.3, -0.25) is 24.1 Å². The molecular formula is C40H68N6O6. The van der Waals surface area contributed by atoms with Gasteiger partial charge in [-0.2, -0.15) is 0 Å². The summed E-state index contributed by atoms with van der Waals surface area (Å²) in [6, 6.07) is 6.87. The highest BCUT2D eigenvalue weighted by Gasteiger charge is 2.43. The quantitative estimate of drug-likeness (QED) is 0.171. The van der Waals surface area contributed by atoms with Gasteiger partial charge in [-0.15, -0.1) is 0 Å². The minimum atomic E-state index is -0.754. The maximum Gasteiger partial charge on any atom is 0.245 e. The normalized spacial score (nSPS) is 19.4. The molecule has 1 heterocycles. The molecule has 1 aliphatic heterocycles. The molecule has 1 aliphatic rings. The Bertz CT molecular complexity index is 1310. The van der Waals surface area contributed by atoms with Crippen molar-refractivity contribution >= 4 is 29.3 Å². The van der Waals surface area contributed by atoms with Crippen LogP contribution < -0.4 is 10.6 Å². The van der Waals surface area contributed by atoms with Crippen molar-refractivity contribution in [2.45, 2.75) is 123 Å².